The molecule has 0 radical (unpaired) electrons. The quantitative estimate of drug-likeness (QED) is 0.747. The van der Waals surface area contributed by atoms with Gasteiger partial charge in [-0.05, 0) is 31.5 Å². The maximum atomic E-state index is 13.7. The molecule has 1 fully saturated rings. The van der Waals surface area contributed by atoms with Crippen molar-refractivity contribution in [2.75, 3.05) is 19.7 Å². The Kier molecular flexibility index (Phi) is 3.43. The zero-order valence-corrected chi connectivity index (χ0v) is 10.1. The molecular weight excluding hydrogens is 221 g/mol. The van der Waals surface area contributed by atoms with E-state index in [0.29, 0.717) is 19.7 Å². The highest BCUT2D eigenvalue weighted by Gasteiger charge is 2.24. The molecule has 3 nitrogen and oxygen atoms in total. The molecule has 0 N–H and O–H groups in total. The highest BCUT2D eigenvalue weighted by molar-refractivity contribution is 5.94. The van der Waals surface area contributed by atoms with Gasteiger partial charge in [0, 0.05) is 13.1 Å². The Morgan fingerprint density at radius 2 is 2.29 bits per heavy atom. The van der Waals surface area contributed by atoms with Crippen molar-refractivity contribution in [2.24, 2.45) is 0 Å². The second kappa shape index (κ2) is 4.84. The second-order valence-corrected chi connectivity index (χ2v) is 4.42. The first-order chi connectivity index (χ1) is 8.08. The fourth-order valence-electron chi connectivity index (χ4n) is 1.97. The van der Waals surface area contributed by atoms with Crippen LogP contribution in [0.4, 0.5) is 4.39 Å². The van der Waals surface area contributed by atoms with Gasteiger partial charge in [-0.25, -0.2) is 4.39 Å². The average Bonchev–Trinajstić information content (AvgIpc) is 2.28. The number of amides is 1. The summed E-state index contributed by atoms with van der Waals surface area (Å²) in [5, 5.41) is 0. The summed E-state index contributed by atoms with van der Waals surface area (Å²) in [5.74, 6) is -0.702. The fourth-order valence-corrected chi connectivity index (χ4v) is 1.97. The number of benzene rings is 1. The van der Waals surface area contributed by atoms with E-state index < -0.39 is 5.82 Å². The van der Waals surface area contributed by atoms with Crippen molar-refractivity contribution in [3.05, 3.63) is 35.1 Å². The van der Waals surface area contributed by atoms with Crippen LogP contribution >= 0.6 is 0 Å². The van der Waals surface area contributed by atoms with Gasteiger partial charge in [0.15, 0.2) is 0 Å². The largest absolute Gasteiger partial charge is 0.375 e. The standard InChI is InChI=1S/C13H16FNO2/c1-9-3-4-11(12(14)7-9)13(16)15-5-6-17-10(2)8-15/h3-4,7,10H,5-6,8H2,1-2H3. The zero-order valence-electron chi connectivity index (χ0n) is 10.1. The number of ether oxygens (including phenoxy) is 1. The first-order valence-corrected chi connectivity index (χ1v) is 5.75. The van der Waals surface area contributed by atoms with Gasteiger partial charge in [-0.1, -0.05) is 6.07 Å². The van der Waals surface area contributed by atoms with Crippen LogP contribution in [0.3, 0.4) is 0 Å². The summed E-state index contributed by atoms with van der Waals surface area (Å²) in [6, 6.07) is 4.68. The van der Waals surface area contributed by atoms with E-state index in [9.17, 15) is 9.18 Å². The van der Waals surface area contributed by atoms with Crippen LogP contribution in [0.2, 0.25) is 0 Å². The molecule has 0 spiro atoms. The third kappa shape index (κ3) is 2.64. The molecular formula is C13H16FNO2. The van der Waals surface area contributed by atoms with E-state index in [1.165, 1.54) is 6.07 Å². The Bertz CT molecular complexity index is 433. The number of aryl methyl sites for hydroxylation is 1. The smallest absolute Gasteiger partial charge is 0.256 e. The fraction of sp³-hybridized carbons (Fsp3) is 0.462. The third-order valence-electron chi connectivity index (χ3n) is 2.88. The van der Waals surface area contributed by atoms with Crippen LogP contribution in [0, 0.1) is 12.7 Å². The van der Waals surface area contributed by atoms with Crippen LogP contribution in [-0.2, 0) is 4.74 Å². The lowest BCUT2D eigenvalue weighted by molar-refractivity contribution is -0.0125. The van der Waals surface area contributed by atoms with Crippen molar-refractivity contribution >= 4 is 5.91 Å². The van der Waals surface area contributed by atoms with Crippen LogP contribution in [0.5, 0.6) is 0 Å². The molecule has 0 bridgehead atoms. The summed E-state index contributed by atoms with van der Waals surface area (Å²) >= 11 is 0. The minimum absolute atomic E-state index is 0.0150. The SMILES string of the molecule is Cc1ccc(C(=O)N2CCOC(C)C2)c(F)c1. The molecule has 1 atom stereocenters. The van der Waals surface area contributed by atoms with Gasteiger partial charge in [0.05, 0.1) is 18.3 Å². The number of halogens is 1. The summed E-state index contributed by atoms with van der Waals surface area (Å²) in [7, 11) is 0. The molecule has 0 aromatic heterocycles. The van der Waals surface area contributed by atoms with Crippen molar-refractivity contribution in [1.29, 1.82) is 0 Å². The van der Waals surface area contributed by atoms with Gasteiger partial charge in [0.1, 0.15) is 5.82 Å². The molecule has 0 saturated carbocycles. The van der Waals surface area contributed by atoms with E-state index in [4.69, 9.17) is 4.74 Å². The Morgan fingerprint density at radius 3 is 2.94 bits per heavy atom. The zero-order chi connectivity index (χ0) is 12.4. The summed E-state index contributed by atoms with van der Waals surface area (Å²) < 4.78 is 19.0. The minimum Gasteiger partial charge on any atom is -0.375 e. The Balaban J connectivity index is 2.18. The van der Waals surface area contributed by atoms with Gasteiger partial charge in [-0.3, -0.25) is 4.79 Å². The Hall–Kier alpha value is -1.42. The molecule has 1 aliphatic rings. The first-order valence-electron chi connectivity index (χ1n) is 5.75. The minimum atomic E-state index is -0.450. The normalized spacial score (nSPS) is 20.4. The topological polar surface area (TPSA) is 29.5 Å². The highest BCUT2D eigenvalue weighted by atomic mass is 19.1. The molecule has 0 aliphatic carbocycles. The van der Waals surface area contributed by atoms with E-state index in [0.717, 1.165) is 5.56 Å². The predicted octanol–water partition coefficient (Wildman–Crippen LogP) is 2.00. The number of carbonyl (C=O) groups is 1. The molecule has 1 unspecified atom stereocenters. The molecule has 2 rings (SSSR count). The third-order valence-corrected chi connectivity index (χ3v) is 2.88. The number of rotatable bonds is 1. The summed E-state index contributed by atoms with van der Waals surface area (Å²) in [6.07, 6.45) is 0.0150. The van der Waals surface area contributed by atoms with Gasteiger partial charge in [0.25, 0.3) is 5.91 Å². The maximum Gasteiger partial charge on any atom is 0.256 e. The lowest BCUT2D eigenvalue weighted by Crippen LogP contribution is -2.44. The molecule has 92 valence electrons. The van der Waals surface area contributed by atoms with Crippen molar-refractivity contribution in [3.63, 3.8) is 0 Å². The van der Waals surface area contributed by atoms with Crippen molar-refractivity contribution in [1.82, 2.24) is 4.90 Å². The number of hydrogen-bond acceptors (Lipinski definition) is 2. The monoisotopic (exact) mass is 237 g/mol. The molecule has 1 aromatic carbocycles. The molecule has 1 aliphatic heterocycles. The second-order valence-electron chi connectivity index (χ2n) is 4.42. The van der Waals surface area contributed by atoms with Gasteiger partial charge in [0.2, 0.25) is 0 Å². The number of carbonyl (C=O) groups excluding carboxylic acids is 1. The molecule has 1 amide bonds. The van der Waals surface area contributed by atoms with E-state index in [1.54, 1.807) is 24.0 Å². The van der Waals surface area contributed by atoms with Gasteiger partial charge in [-0.15, -0.1) is 0 Å². The summed E-state index contributed by atoms with van der Waals surface area (Å²) in [5.41, 5.74) is 0.957. The van der Waals surface area contributed by atoms with Crippen molar-refractivity contribution in [2.45, 2.75) is 20.0 Å². The maximum absolute atomic E-state index is 13.7. The first kappa shape index (κ1) is 12.0. The lowest BCUT2D eigenvalue weighted by atomic mass is 10.1. The van der Waals surface area contributed by atoms with Crippen molar-refractivity contribution < 1.29 is 13.9 Å². The van der Waals surface area contributed by atoms with Crippen LogP contribution in [0.15, 0.2) is 18.2 Å². The van der Waals surface area contributed by atoms with E-state index in [-0.39, 0.29) is 17.6 Å². The number of nitrogens with zero attached hydrogens (tertiary/aromatic N) is 1. The van der Waals surface area contributed by atoms with Crippen LogP contribution in [-0.4, -0.2) is 36.6 Å². The average molecular weight is 237 g/mol. The Labute approximate surface area is 100 Å². The van der Waals surface area contributed by atoms with Gasteiger partial charge >= 0.3 is 0 Å². The number of hydrogen-bond donors (Lipinski definition) is 0. The Morgan fingerprint density at radius 1 is 1.53 bits per heavy atom. The predicted molar refractivity (Wildman–Crippen MR) is 62.5 cm³/mol. The molecule has 1 heterocycles. The van der Waals surface area contributed by atoms with E-state index in [1.807, 2.05) is 6.92 Å². The molecule has 17 heavy (non-hydrogen) atoms. The summed E-state index contributed by atoms with van der Waals surface area (Å²) in [6.45, 7) is 5.27. The van der Waals surface area contributed by atoms with Crippen LogP contribution in [0.1, 0.15) is 22.8 Å². The molecule has 1 aromatic rings. The van der Waals surface area contributed by atoms with E-state index in [2.05, 4.69) is 0 Å². The van der Waals surface area contributed by atoms with Crippen LogP contribution in [0.25, 0.3) is 0 Å². The number of morpholine rings is 1. The van der Waals surface area contributed by atoms with Gasteiger partial charge in [-0.2, -0.15) is 0 Å². The highest BCUT2D eigenvalue weighted by Crippen LogP contribution is 2.14. The lowest BCUT2D eigenvalue weighted by Gasteiger charge is -2.31. The molecule has 1 saturated heterocycles. The van der Waals surface area contributed by atoms with Crippen LogP contribution < -0.4 is 0 Å². The van der Waals surface area contributed by atoms with Gasteiger partial charge < -0.3 is 9.64 Å². The summed E-state index contributed by atoms with van der Waals surface area (Å²) in [4.78, 5) is 13.7. The van der Waals surface area contributed by atoms with Crippen molar-refractivity contribution in [3.8, 4) is 0 Å². The molecule has 4 heteroatoms. The van der Waals surface area contributed by atoms with E-state index >= 15 is 0 Å².